The summed E-state index contributed by atoms with van der Waals surface area (Å²) >= 11 is 5.70. The van der Waals surface area contributed by atoms with Gasteiger partial charge >= 0.3 is 0 Å². The zero-order valence-electron chi connectivity index (χ0n) is 10.4. The summed E-state index contributed by atoms with van der Waals surface area (Å²) in [6.45, 7) is 0. The molecule has 1 aromatic heterocycles. The molecule has 1 heterocycles. The molecule has 7 heteroatoms. The van der Waals surface area contributed by atoms with Gasteiger partial charge in [-0.1, -0.05) is 17.7 Å². The number of ketones is 1. The molecule has 0 bridgehead atoms. The van der Waals surface area contributed by atoms with Crippen molar-refractivity contribution < 1.29 is 14.1 Å². The number of Topliss-reactive ketones (excluding diaryl/α,β-unsaturated/α-hetero) is 1. The molecular weight excluding hydrogens is 296 g/mol. The number of rotatable bonds is 4. The van der Waals surface area contributed by atoms with Gasteiger partial charge in [0.1, 0.15) is 16.7 Å². The second-order valence-electron chi connectivity index (χ2n) is 3.94. The van der Waals surface area contributed by atoms with Gasteiger partial charge in [-0.15, -0.1) is 0 Å². The van der Waals surface area contributed by atoms with Crippen molar-refractivity contribution in [3.8, 4) is 6.07 Å². The SMILES string of the molecule is N#C/C(=C\c1ccc(Cl)c([N+](=O)[O-])c1)C(=O)c1ccco1. The van der Waals surface area contributed by atoms with Crippen molar-refractivity contribution >= 4 is 29.1 Å². The minimum Gasteiger partial charge on any atom is -0.461 e. The van der Waals surface area contributed by atoms with Crippen molar-refractivity contribution in [3.05, 3.63) is 68.6 Å². The molecule has 0 unspecified atom stereocenters. The molecule has 0 spiro atoms. The van der Waals surface area contributed by atoms with E-state index in [4.69, 9.17) is 21.3 Å². The van der Waals surface area contributed by atoms with Crippen molar-refractivity contribution in [2.24, 2.45) is 0 Å². The van der Waals surface area contributed by atoms with E-state index in [1.165, 1.54) is 42.7 Å². The number of allylic oxidation sites excluding steroid dienone is 1. The van der Waals surface area contributed by atoms with Gasteiger partial charge in [0.25, 0.3) is 5.69 Å². The number of hydrogen-bond acceptors (Lipinski definition) is 5. The Kier molecular flexibility index (Phi) is 4.16. The van der Waals surface area contributed by atoms with Gasteiger partial charge in [0, 0.05) is 6.07 Å². The van der Waals surface area contributed by atoms with E-state index in [1.807, 2.05) is 0 Å². The number of nitriles is 1. The molecule has 0 N–H and O–H groups in total. The first-order valence-corrected chi connectivity index (χ1v) is 6.04. The summed E-state index contributed by atoms with van der Waals surface area (Å²) in [5.41, 5.74) is -0.169. The minimum absolute atomic E-state index is 0.0197. The van der Waals surface area contributed by atoms with Crippen molar-refractivity contribution in [3.63, 3.8) is 0 Å². The summed E-state index contributed by atoms with van der Waals surface area (Å²) in [5.74, 6) is -0.577. The number of nitro groups is 1. The molecular formula is C14H7ClN2O4. The first-order valence-electron chi connectivity index (χ1n) is 5.67. The van der Waals surface area contributed by atoms with Crippen LogP contribution in [-0.4, -0.2) is 10.7 Å². The van der Waals surface area contributed by atoms with Gasteiger partial charge in [-0.05, 0) is 29.8 Å². The fourth-order valence-corrected chi connectivity index (χ4v) is 1.80. The molecule has 0 radical (unpaired) electrons. The number of carbonyl (C=O) groups excluding carboxylic acids is 1. The summed E-state index contributed by atoms with van der Waals surface area (Å²) in [5, 5.41) is 19.8. The lowest BCUT2D eigenvalue weighted by atomic mass is 10.1. The van der Waals surface area contributed by atoms with E-state index >= 15 is 0 Å². The van der Waals surface area contributed by atoms with Crippen molar-refractivity contribution in [2.75, 3.05) is 0 Å². The van der Waals surface area contributed by atoms with E-state index in [2.05, 4.69) is 0 Å². The van der Waals surface area contributed by atoms with Crippen molar-refractivity contribution in [1.82, 2.24) is 0 Å². The van der Waals surface area contributed by atoms with Crippen LogP contribution in [0.3, 0.4) is 0 Å². The van der Waals surface area contributed by atoms with Crippen molar-refractivity contribution in [2.45, 2.75) is 0 Å². The number of furan rings is 1. The van der Waals surface area contributed by atoms with E-state index < -0.39 is 10.7 Å². The molecule has 0 saturated heterocycles. The Morgan fingerprint density at radius 2 is 2.19 bits per heavy atom. The molecule has 6 nitrogen and oxygen atoms in total. The molecule has 0 aliphatic heterocycles. The molecule has 0 aliphatic carbocycles. The molecule has 0 atom stereocenters. The highest BCUT2D eigenvalue weighted by molar-refractivity contribution is 6.32. The predicted molar refractivity (Wildman–Crippen MR) is 74.7 cm³/mol. The zero-order valence-corrected chi connectivity index (χ0v) is 11.2. The van der Waals surface area contributed by atoms with Crippen LogP contribution in [0.5, 0.6) is 0 Å². The number of nitrogens with zero attached hydrogens (tertiary/aromatic N) is 2. The summed E-state index contributed by atoms with van der Waals surface area (Å²) in [7, 11) is 0. The fraction of sp³-hybridized carbons (Fsp3) is 0. The van der Waals surface area contributed by atoms with Crippen LogP contribution in [0.15, 0.2) is 46.6 Å². The second kappa shape index (κ2) is 6.03. The van der Waals surface area contributed by atoms with E-state index in [0.29, 0.717) is 5.56 Å². The first kappa shape index (κ1) is 14.5. The van der Waals surface area contributed by atoms with Gasteiger partial charge in [-0.2, -0.15) is 5.26 Å². The monoisotopic (exact) mass is 302 g/mol. The van der Waals surface area contributed by atoms with E-state index in [0.717, 1.165) is 0 Å². The lowest BCUT2D eigenvalue weighted by Crippen LogP contribution is -2.00. The Balaban J connectivity index is 2.42. The number of carbonyl (C=O) groups is 1. The maximum atomic E-state index is 12.0. The molecule has 1 aromatic carbocycles. The summed E-state index contributed by atoms with van der Waals surface area (Å²) in [6, 6.07) is 8.70. The Morgan fingerprint density at radius 3 is 2.76 bits per heavy atom. The standard InChI is InChI=1S/C14H7ClN2O4/c15-11-4-3-9(7-12(11)17(19)20)6-10(8-16)14(18)13-2-1-5-21-13/h1-7H/b10-6+. The first-order chi connectivity index (χ1) is 10.0. The molecule has 2 aromatic rings. The molecule has 0 amide bonds. The van der Waals surface area contributed by atoms with Gasteiger partial charge in [-0.3, -0.25) is 14.9 Å². The molecule has 21 heavy (non-hydrogen) atoms. The summed E-state index contributed by atoms with van der Waals surface area (Å²) < 4.78 is 4.93. The highest BCUT2D eigenvalue weighted by Crippen LogP contribution is 2.26. The van der Waals surface area contributed by atoms with E-state index in [9.17, 15) is 14.9 Å². The normalized spacial score (nSPS) is 11.0. The lowest BCUT2D eigenvalue weighted by Gasteiger charge is -1.99. The smallest absolute Gasteiger partial charge is 0.288 e. The highest BCUT2D eigenvalue weighted by atomic mass is 35.5. The summed E-state index contributed by atoms with van der Waals surface area (Å²) in [6.07, 6.45) is 2.56. The largest absolute Gasteiger partial charge is 0.461 e. The van der Waals surface area contributed by atoms with E-state index in [1.54, 1.807) is 6.07 Å². The average Bonchev–Trinajstić information content (AvgIpc) is 2.99. The number of hydrogen-bond donors (Lipinski definition) is 0. The topological polar surface area (TPSA) is 97.1 Å². The van der Waals surface area contributed by atoms with Gasteiger partial charge in [0.15, 0.2) is 5.76 Å². The highest BCUT2D eigenvalue weighted by Gasteiger charge is 2.16. The molecule has 104 valence electrons. The van der Waals surface area contributed by atoms with Crippen LogP contribution >= 0.6 is 11.6 Å². The Hall–Kier alpha value is -2.91. The maximum absolute atomic E-state index is 12.0. The van der Waals surface area contributed by atoms with Crippen LogP contribution in [0, 0.1) is 21.4 Å². The lowest BCUT2D eigenvalue weighted by molar-refractivity contribution is -0.384. The van der Waals surface area contributed by atoms with Crippen LogP contribution in [0.4, 0.5) is 5.69 Å². The van der Waals surface area contributed by atoms with Crippen LogP contribution in [0.1, 0.15) is 16.1 Å². The second-order valence-corrected chi connectivity index (χ2v) is 4.35. The zero-order chi connectivity index (χ0) is 15.4. The number of benzene rings is 1. The molecule has 0 aliphatic rings. The van der Waals surface area contributed by atoms with Gasteiger partial charge in [-0.25, -0.2) is 0 Å². The third-order valence-corrected chi connectivity index (χ3v) is 2.91. The Morgan fingerprint density at radius 1 is 1.43 bits per heavy atom. The Labute approximate surface area is 124 Å². The predicted octanol–water partition coefficient (Wildman–Crippen LogP) is 3.63. The quantitative estimate of drug-likeness (QED) is 0.282. The number of halogens is 1. The maximum Gasteiger partial charge on any atom is 0.288 e. The molecule has 0 saturated carbocycles. The van der Waals surface area contributed by atoms with Crippen LogP contribution in [0.25, 0.3) is 6.08 Å². The minimum atomic E-state index is -0.639. The fourth-order valence-electron chi connectivity index (χ4n) is 1.62. The van der Waals surface area contributed by atoms with Gasteiger partial charge in [0.2, 0.25) is 5.78 Å². The van der Waals surface area contributed by atoms with Crippen LogP contribution in [0.2, 0.25) is 5.02 Å². The van der Waals surface area contributed by atoms with Crippen LogP contribution < -0.4 is 0 Å². The average molecular weight is 303 g/mol. The molecule has 2 rings (SSSR count). The third-order valence-electron chi connectivity index (χ3n) is 2.59. The van der Waals surface area contributed by atoms with E-state index in [-0.39, 0.29) is 22.0 Å². The van der Waals surface area contributed by atoms with Crippen molar-refractivity contribution in [1.29, 1.82) is 5.26 Å². The Bertz CT molecular complexity index is 773. The molecule has 0 fully saturated rings. The third kappa shape index (κ3) is 3.16. The number of nitro benzene ring substituents is 1. The van der Waals surface area contributed by atoms with Gasteiger partial charge < -0.3 is 4.42 Å². The summed E-state index contributed by atoms with van der Waals surface area (Å²) in [4.78, 5) is 22.1. The van der Waals surface area contributed by atoms with Crippen LogP contribution in [-0.2, 0) is 0 Å². The van der Waals surface area contributed by atoms with Gasteiger partial charge in [0.05, 0.1) is 11.2 Å².